The molecular formula is C13H24N2O5. The summed E-state index contributed by atoms with van der Waals surface area (Å²) in [6.45, 7) is 3.03. The van der Waals surface area contributed by atoms with E-state index in [4.69, 9.17) is 9.68 Å². The van der Waals surface area contributed by atoms with E-state index in [1.54, 1.807) is 10.1 Å². The van der Waals surface area contributed by atoms with Crippen LogP contribution in [0.4, 0.5) is 0 Å². The Labute approximate surface area is 119 Å². The fraction of sp³-hybridized carbons (Fsp3) is 0.846. The van der Waals surface area contributed by atoms with E-state index in [9.17, 15) is 9.59 Å². The molecule has 2 N–H and O–H groups in total. The van der Waals surface area contributed by atoms with Crippen molar-refractivity contribution in [1.82, 2.24) is 10.1 Å². The molecule has 20 heavy (non-hydrogen) atoms. The van der Waals surface area contributed by atoms with E-state index < -0.39 is 11.9 Å². The first-order chi connectivity index (χ1) is 9.24. The van der Waals surface area contributed by atoms with Crippen LogP contribution in [0.15, 0.2) is 0 Å². The van der Waals surface area contributed by atoms with Crippen molar-refractivity contribution in [3.05, 3.63) is 0 Å². The fourth-order valence-electron chi connectivity index (χ4n) is 2.38. The third kappa shape index (κ3) is 5.85. The van der Waals surface area contributed by atoms with Gasteiger partial charge in [-0.2, -0.15) is 0 Å². The zero-order chi connectivity index (χ0) is 13.5. The van der Waals surface area contributed by atoms with Crippen LogP contribution >= 0.6 is 0 Å². The summed E-state index contributed by atoms with van der Waals surface area (Å²) in [6, 6.07) is 0. The van der Waals surface area contributed by atoms with Crippen LogP contribution in [0, 0.1) is 0 Å². The molecule has 0 aromatic rings. The van der Waals surface area contributed by atoms with Crippen molar-refractivity contribution in [3.8, 4) is 0 Å². The van der Waals surface area contributed by atoms with Crippen LogP contribution in [0.2, 0.25) is 0 Å². The third-order valence-corrected chi connectivity index (χ3v) is 3.38. The summed E-state index contributed by atoms with van der Waals surface area (Å²) in [6.07, 6.45) is 6.16. The second-order valence-corrected chi connectivity index (χ2v) is 5.08. The van der Waals surface area contributed by atoms with E-state index in [-0.39, 0.29) is 11.9 Å². The highest BCUT2D eigenvalue weighted by molar-refractivity contribution is 5.90. The summed E-state index contributed by atoms with van der Waals surface area (Å²) < 4.78 is 0. The molecule has 0 saturated carbocycles. The molecule has 2 aliphatic rings. The number of hydrogen-bond acceptors (Lipinski definition) is 6. The predicted octanol–water partition coefficient (Wildman–Crippen LogP) is 0.440. The van der Waals surface area contributed by atoms with Gasteiger partial charge in [0.1, 0.15) is 6.42 Å². The van der Waals surface area contributed by atoms with E-state index in [1.165, 1.54) is 12.8 Å². The second kappa shape index (κ2) is 8.89. The number of hydroxylamine groups is 4. The van der Waals surface area contributed by atoms with Gasteiger partial charge < -0.3 is 15.2 Å². The summed E-state index contributed by atoms with van der Waals surface area (Å²) in [4.78, 5) is 33.4. The van der Waals surface area contributed by atoms with Gasteiger partial charge in [0.15, 0.2) is 0 Å². The van der Waals surface area contributed by atoms with Crippen molar-refractivity contribution in [2.45, 2.75) is 44.9 Å². The summed E-state index contributed by atoms with van der Waals surface area (Å²) in [5.74, 6) is -1.05. The van der Waals surface area contributed by atoms with Gasteiger partial charge in [0.05, 0.1) is 0 Å². The molecule has 0 radical (unpaired) electrons. The van der Waals surface area contributed by atoms with E-state index in [0.717, 1.165) is 51.9 Å². The van der Waals surface area contributed by atoms with Crippen LogP contribution in [0.5, 0.6) is 0 Å². The molecule has 0 atom stereocenters. The molecule has 0 spiro atoms. The van der Waals surface area contributed by atoms with Crippen LogP contribution in [0.1, 0.15) is 44.9 Å². The molecule has 2 heterocycles. The normalized spacial score (nSPS) is 20.8. The number of hydrogen-bond donors (Lipinski definition) is 0. The van der Waals surface area contributed by atoms with Gasteiger partial charge in [0.25, 0.3) is 0 Å². The maximum Gasteiger partial charge on any atom is 0.336 e. The molecule has 7 heteroatoms. The van der Waals surface area contributed by atoms with Crippen molar-refractivity contribution in [2.24, 2.45) is 0 Å². The molecule has 0 aromatic heterocycles. The Morgan fingerprint density at radius 1 is 0.700 bits per heavy atom. The fourth-order valence-corrected chi connectivity index (χ4v) is 2.38. The summed E-state index contributed by atoms with van der Waals surface area (Å²) in [5, 5.41) is 3.28. The number of nitrogens with zero attached hydrogens (tertiary/aromatic N) is 2. The number of carbonyl (C=O) groups excluding carboxylic acids is 2. The zero-order valence-electron chi connectivity index (χ0n) is 11.8. The minimum Gasteiger partial charge on any atom is -0.412 e. The Bertz CT molecular complexity index is 282. The van der Waals surface area contributed by atoms with Gasteiger partial charge in [-0.15, -0.1) is 10.1 Å². The Balaban J connectivity index is 0.00000200. The van der Waals surface area contributed by atoms with Crippen LogP contribution in [-0.2, 0) is 19.3 Å². The van der Waals surface area contributed by atoms with E-state index in [0.29, 0.717) is 0 Å². The van der Waals surface area contributed by atoms with Gasteiger partial charge in [-0.1, -0.05) is 12.8 Å². The van der Waals surface area contributed by atoms with Crippen molar-refractivity contribution >= 4 is 11.9 Å². The molecule has 7 nitrogen and oxygen atoms in total. The molecule has 116 valence electrons. The molecular weight excluding hydrogens is 264 g/mol. The van der Waals surface area contributed by atoms with Gasteiger partial charge in [-0.05, 0) is 25.7 Å². The van der Waals surface area contributed by atoms with Gasteiger partial charge >= 0.3 is 11.9 Å². The maximum absolute atomic E-state index is 11.6. The Kier molecular flexibility index (Phi) is 7.50. The molecule has 2 saturated heterocycles. The van der Waals surface area contributed by atoms with Gasteiger partial charge in [0, 0.05) is 26.2 Å². The highest BCUT2D eigenvalue weighted by atomic mass is 16.7. The standard InChI is InChI=1S/C13H22N2O4.H2O/c16-12(18-14-7-3-1-4-8-14)11-13(17)19-15-9-5-2-6-10-15;/h1-11H2;1H2. The van der Waals surface area contributed by atoms with Gasteiger partial charge in [-0.3, -0.25) is 0 Å². The largest absolute Gasteiger partial charge is 0.412 e. The lowest BCUT2D eigenvalue weighted by Gasteiger charge is -2.26. The topological polar surface area (TPSA) is 90.6 Å². The zero-order valence-corrected chi connectivity index (χ0v) is 11.8. The minimum absolute atomic E-state index is 0. The molecule has 2 fully saturated rings. The van der Waals surface area contributed by atoms with E-state index in [1.807, 2.05) is 0 Å². The molecule has 2 aliphatic heterocycles. The van der Waals surface area contributed by atoms with Crippen molar-refractivity contribution < 1.29 is 24.7 Å². The molecule has 0 bridgehead atoms. The highest BCUT2D eigenvalue weighted by Crippen LogP contribution is 2.11. The predicted molar refractivity (Wildman–Crippen MR) is 71.3 cm³/mol. The monoisotopic (exact) mass is 288 g/mol. The van der Waals surface area contributed by atoms with E-state index >= 15 is 0 Å². The second-order valence-electron chi connectivity index (χ2n) is 5.08. The third-order valence-electron chi connectivity index (χ3n) is 3.38. The van der Waals surface area contributed by atoms with Crippen molar-refractivity contribution in [1.29, 1.82) is 0 Å². The van der Waals surface area contributed by atoms with Gasteiger partial charge in [-0.25, -0.2) is 9.59 Å². The van der Waals surface area contributed by atoms with Crippen LogP contribution in [0.25, 0.3) is 0 Å². The SMILES string of the molecule is O.O=C(CC(=O)ON1CCCCC1)ON1CCCCC1. The first-order valence-corrected chi connectivity index (χ1v) is 7.15. The van der Waals surface area contributed by atoms with Crippen LogP contribution in [-0.4, -0.2) is 53.7 Å². The Morgan fingerprint density at radius 2 is 1.05 bits per heavy atom. The number of carbonyl (C=O) groups is 2. The number of rotatable bonds is 4. The molecule has 0 aromatic carbocycles. The maximum atomic E-state index is 11.6. The van der Waals surface area contributed by atoms with E-state index in [2.05, 4.69) is 0 Å². The number of piperidine rings is 2. The van der Waals surface area contributed by atoms with Gasteiger partial charge in [0.2, 0.25) is 0 Å². The lowest BCUT2D eigenvalue weighted by atomic mass is 10.2. The average molecular weight is 288 g/mol. The highest BCUT2D eigenvalue weighted by Gasteiger charge is 2.21. The Morgan fingerprint density at radius 3 is 1.40 bits per heavy atom. The molecule has 0 aliphatic carbocycles. The molecule has 0 amide bonds. The molecule has 2 rings (SSSR count). The van der Waals surface area contributed by atoms with Crippen molar-refractivity contribution in [2.75, 3.05) is 26.2 Å². The lowest BCUT2D eigenvalue weighted by molar-refractivity contribution is -0.206. The Hall–Kier alpha value is -1.18. The summed E-state index contributed by atoms with van der Waals surface area (Å²) >= 11 is 0. The summed E-state index contributed by atoms with van der Waals surface area (Å²) in [7, 11) is 0. The van der Waals surface area contributed by atoms with Crippen molar-refractivity contribution in [3.63, 3.8) is 0 Å². The van der Waals surface area contributed by atoms with Crippen LogP contribution < -0.4 is 0 Å². The lowest BCUT2D eigenvalue weighted by Crippen LogP contribution is -2.35. The minimum atomic E-state index is -0.524. The first-order valence-electron chi connectivity index (χ1n) is 7.15. The quantitative estimate of drug-likeness (QED) is 0.697. The summed E-state index contributed by atoms with van der Waals surface area (Å²) in [5.41, 5.74) is 0. The first kappa shape index (κ1) is 16.9. The van der Waals surface area contributed by atoms with Crippen LogP contribution in [0.3, 0.4) is 0 Å². The molecule has 0 unspecified atom stereocenters. The average Bonchev–Trinajstić information content (AvgIpc) is 2.40. The smallest absolute Gasteiger partial charge is 0.336 e.